The van der Waals surface area contributed by atoms with Crippen LogP contribution < -0.4 is 4.74 Å². The number of benzene rings is 4. The zero-order valence-electron chi connectivity index (χ0n) is 18.3. The minimum absolute atomic E-state index is 0.00527. The lowest BCUT2D eigenvalue weighted by Gasteiger charge is -2.11. The van der Waals surface area contributed by atoms with Crippen LogP contribution in [0.15, 0.2) is 72.8 Å². The normalized spacial score (nSPS) is 11.0. The van der Waals surface area contributed by atoms with Crippen molar-refractivity contribution in [2.75, 3.05) is 0 Å². The van der Waals surface area contributed by atoms with Crippen LogP contribution in [0.25, 0.3) is 22.3 Å². The fourth-order valence-corrected chi connectivity index (χ4v) is 3.63. The monoisotopic (exact) mass is 450 g/mol. The summed E-state index contributed by atoms with van der Waals surface area (Å²) in [6.45, 7) is 3.67. The van der Waals surface area contributed by atoms with Gasteiger partial charge >= 0.3 is 0 Å². The molecule has 0 atom stereocenters. The summed E-state index contributed by atoms with van der Waals surface area (Å²) < 4.78 is 63.1. The van der Waals surface area contributed by atoms with Crippen LogP contribution in [0.5, 0.6) is 5.75 Å². The fraction of sp³-hybridized carbons (Fsp3) is 0.143. The van der Waals surface area contributed by atoms with Gasteiger partial charge in [0.25, 0.3) is 0 Å². The van der Waals surface area contributed by atoms with Crippen molar-refractivity contribution in [3.8, 4) is 28.0 Å². The lowest BCUT2D eigenvalue weighted by molar-refractivity contribution is 0.284. The van der Waals surface area contributed by atoms with Gasteiger partial charge in [-0.2, -0.15) is 4.39 Å². The Morgan fingerprint density at radius 3 is 1.70 bits per heavy atom. The molecule has 0 fully saturated rings. The number of rotatable bonds is 6. The quantitative estimate of drug-likeness (QED) is 0.270. The van der Waals surface area contributed by atoms with Crippen LogP contribution >= 0.6 is 0 Å². The Hall–Kier alpha value is -3.60. The molecule has 5 heteroatoms. The van der Waals surface area contributed by atoms with Crippen LogP contribution in [-0.4, -0.2) is 0 Å². The van der Waals surface area contributed by atoms with Gasteiger partial charge < -0.3 is 4.74 Å². The van der Waals surface area contributed by atoms with Crippen LogP contribution in [-0.2, 0) is 13.0 Å². The molecule has 0 spiro atoms. The van der Waals surface area contributed by atoms with Gasteiger partial charge in [0.2, 0.25) is 5.82 Å². The first kappa shape index (κ1) is 22.6. The Kier molecular flexibility index (Phi) is 6.50. The SMILES string of the molecule is CCc1ccc(OCc2ccc(-c3ccc(-c4ccc(C)cc4)c(F)c3F)cc2)c(F)c1F. The third-order valence-electron chi connectivity index (χ3n) is 5.61. The van der Waals surface area contributed by atoms with Crippen molar-refractivity contribution in [1.82, 2.24) is 0 Å². The van der Waals surface area contributed by atoms with Gasteiger partial charge in [-0.25, -0.2) is 13.2 Å². The minimum Gasteiger partial charge on any atom is -0.486 e. The van der Waals surface area contributed by atoms with E-state index in [0.29, 0.717) is 23.1 Å². The number of hydrogen-bond acceptors (Lipinski definition) is 1. The number of ether oxygens (including phenoxy) is 1. The summed E-state index contributed by atoms with van der Waals surface area (Å²) in [5.74, 6) is -3.93. The summed E-state index contributed by atoms with van der Waals surface area (Å²) >= 11 is 0. The van der Waals surface area contributed by atoms with Crippen molar-refractivity contribution < 1.29 is 22.3 Å². The van der Waals surface area contributed by atoms with Crippen LogP contribution in [0.4, 0.5) is 17.6 Å². The van der Waals surface area contributed by atoms with Crippen molar-refractivity contribution in [3.05, 3.63) is 113 Å². The van der Waals surface area contributed by atoms with Gasteiger partial charge in [-0.05, 0) is 41.7 Å². The van der Waals surface area contributed by atoms with Crippen molar-refractivity contribution in [2.45, 2.75) is 26.9 Å². The zero-order valence-corrected chi connectivity index (χ0v) is 18.3. The molecule has 33 heavy (non-hydrogen) atoms. The van der Waals surface area contributed by atoms with Gasteiger partial charge in [-0.15, -0.1) is 0 Å². The molecule has 168 valence electrons. The Morgan fingerprint density at radius 1 is 0.606 bits per heavy atom. The second kappa shape index (κ2) is 9.49. The molecule has 0 bridgehead atoms. The highest BCUT2D eigenvalue weighted by Crippen LogP contribution is 2.32. The molecule has 0 heterocycles. The molecule has 0 aliphatic carbocycles. The molecule has 0 aliphatic heterocycles. The molecule has 4 aromatic carbocycles. The predicted octanol–water partition coefficient (Wildman–Crippen LogP) is 8.03. The molecule has 0 aliphatic rings. The van der Waals surface area contributed by atoms with E-state index in [9.17, 15) is 17.6 Å². The second-order valence-electron chi connectivity index (χ2n) is 7.84. The van der Waals surface area contributed by atoms with Crippen LogP contribution in [0.2, 0.25) is 0 Å². The Bertz CT molecular complexity index is 1280. The van der Waals surface area contributed by atoms with E-state index in [2.05, 4.69) is 0 Å². The first-order chi connectivity index (χ1) is 15.9. The van der Waals surface area contributed by atoms with E-state index >= 15 is 0 Å². The molecule has 0 N–H and O–H groups in total. The molecule has 0 radical (unpaired) electrons. The summed E-state index contributed by atoms with van der Waals surface area (Å²) in [6, 6.07) is 19.8. The molecule has 0 amide bonds. The number of halogens is 4. The molecular formula is C28H22F4O. The van der Waals surface area contributed by atoms with Gasteiger partial charge in [-0.3, -0.25) is 0 Å². The zero-order chi connectivity index (χ0) is 23.5. The average molecular weight is 450 g/mol. The Balaban J connectivity index is 1.52. The van der Waals surface area contributed by atoms with E-state index in [1.165, 1.54) is 12.1 Å². The maximum atomic E-state index is 14.8. The number of hydrogen-bond donors (Lipinski definition) is 0. The topological polar surface area (TPSA) is 9.23 Å². The summed E-state index contributed by atoms with van der Waals surface area (Å²) in [5.41, 5.74) is 3.43. The van der Waals surface area contributed by atoms with E-state index in [-0.39, 0.29) is 29.0 Å². The summed E-state index contributed by atoms with van der Waals surface area (Å²) in [7, 11) is 0. The maximum absolute atomic E-state index is 14.8. The summed E-state index contributed by atoms with van der Waals surface area (Å²) in [5, 5.41) is 0. The smallest absolute Gasteiger partial charge is 0.200 e. The molecule has 0 aromatic heterocycles. The largest absolute Gasteiger partial charge is 0.486 e. The molecule has 1 nitrogen and oxygen atoms in total. The van der Waals surface area contributed by atoms with E-state index in [1.54, 1.807) is 55.5 Å². The first-order valence-corrected chi connectivity index (χ1v) is 10.6. The van der Waals surface area contributed by atoms with Crippen LogP contribution in [0.3, 0.4) is 0 Å². The Labute approximate surface area is 190 Å². The molecule has 0 saturated carbocycles. The average Bonchev–Trinajstić information content (AvgIpc) is 2.83. The van der Waals surface area contributed by atoms with Crippen LogP contribution in [0, 0.1) is 30.2 Å². The standard InChI is InChI=1S/C28H22F4O/c1-3-19-12-15-24(28(32)25(19)29)33-16-18-6-10-21(11-7-18)23-14-13-22(26(30)27(23)31)20-8-4-17(2)5-9-20/h4-15H,3,16H2,1-2H3. The molecule has 4 aromatic rings. The minimum atomic E-state index is -1.02. The lowest BCUT2D eigenvalue weighted by atomic mass is 9.98. The van der Waals surface area contributed by atoms with Gasteiger partial charge in [0, 0.05) is 11.1 Å². The van der Waals surface area contributed by atoms with Gasteiger partial charge in [-0.1, -0.05) is 79.2 Å². The third kappa shape index (κ3) is 4.63. The maximum Gasteiger partial charge on any atom is 0.200 e. The Morgan fingerprint density at radius 2 is 1.15 bits per heavy atom. The van der Waals surface area contributed by atoms with Gasteiger partial charge in [0.15, 0.2) is 23.2 Å². The van der Waals surface area contributed by atoms with Crippen molar-refractivity contribution in [3.63, 3.8) is 0 Å². The van der Waals surface area contributed by atoms with E-state index in [4.69, 9.17) is 4.74 Å². The highest BCUT2D eigenvalue weighted by molar-refractivity contribution is 5.72. The summed E-state index contributed by atoms with van der Waals surface area (Å²) in [6.07, 6.45) is 0.383. The van der Waals surface area contributed by atoms with Crippen molar-refractivity contribution in [1.29, 1.82) is 0 Å². The number of aryl methyl sites for hydroxylation is 2. The highest BCUT2D eigenvalue weighted by Gasteiger charge is 2.16. The van der Waals surface area contributed by atoms with E-state index in [0.717, 1.165) is 5.56 Å². The van der Waals surface area contributed by atoms with Crippen molar-refractivity contribution >= 4 is 0 Å². The molecule has 0 unspecified atom stereocenters. The fourth-order valence-electron chi connectivity index (χ4n) is 3.63. The van der Waals surface area contributed by atoms with E-state index in [1.807, 2.05) is 19.1 Å². The molecule has 4 rings (SSSR count). The van der Waals surface area contributed by atoms with Crippen molar-refractivity contribution in [2.24, 2.45) is 0 Å². The molecule has 0 saturated heterocycles. The third-order valence-corrected chi connectivity index (χ3v) is 5.61. The lowest BCUT2D eigenvalue weighted by Crippen LogP contribution is -2.01. The van der Waals surface area contributed by atoms with E-state index < -0.39 is 23.3 Å². The first-order valence-electron chi connectivity index (χ1n) is 10.6. The van der Waals surface area contributed by atoms with Crippen LogP contribution in [0.1, 0.15) is 23.6 Å². The summed E-state index contributed by atoms with van der Waals surface area (Å²) in [4.78, 5) is 0. The predicted molar refractivity (Wildman–Crippen MR) is 122 cm³/mol. The van der Waals surface area contributed by atoms with Gasteiger partial charge in [0.1, 0.15) is 6.61 Å². The highest BCUT2D eigenvalue weighted by atomic mass is 19.2. The van der Waals surface area contributed by atoms with Gasteiger partial charge in [0.05, 0.1) is 0 Å². The second-order valence-corrected chi connectivity index (χ2v) is 7.84. The molecular weight excluding hydrogens is 428 g/mol.